The van der Waals surface area contributed by atoms with E-state index in [0.717, 1.165) is 17.8 Å². The Kier molecular flexibility index (Phi) is 3.17. The highest BCUT2D eigenvalue weighted by Gasteiger charge is 2.51. The quantitative estimate of drug-likeness (QED) is 0.868. The van der Waals surface area contributed by atoms with Crippen LogP contribution in [0.25, 0.3) is 0 Å². The van der Waals surface area contributed by atoms with Crippen molar-refractivity contribution in [2.24, 2.45) is 30.2 Å². The van der Waals surface area contributed by atoms with E-state index in [2.05, 4.69) is 17.3 Å². The molecule has 4 aliphatic carbocycles. The van der Waals surface area contributed by atoms with Gasteiger partial charge >= 0.3 is 0 Å². The predicted molar refractivity (Wildman–Crippen MR) is 86.2 cm³/mol. The van der Waals surface area contributed by atoms with Crippen LogP contribution in [0.3, 0.4) is 0 Å². The first-order valence-electron chi connectivity index (χ1n) is 8.52. The number of hydrogen-bond acceptors (Lipinski definition) is 2. The van der Waals surface area contributed by atoms with Gasteiger partial charge in [-0.2, -0.15) is 5.10 Å². The molecule has 0 aliphatic heterocycles. The average molecular weight is 299 g/mol. The Labute approximate surface area is 132 Å². The molecule has 1 N–H and O–H groups in total. The molecule has 1 aromatic rings. The number of allylic oxidation sites excluding steroid dienone is 1. The lowest BCUT2D eigenvalue weighted by Crippen LogP contribution is -2.46. The largest absolute Gasteiger partial charge is 0.306 e. The van der Waals surface area contributed by atoms with Gasteiger partial charge in [-0.3, -0.25) is 9.48 Å². The molecule has 5 rings (SSSR count). The number of amides is 1. The number of rotatable bonds is 3. The van der Waals surface area contributed by atoms with E-state index in [1.54, 1.807) is 4.68 Å². The molecule has 4 nitrogen and oxygen atoms in total. The van der Waals surface area contributed by atoms with E-state index in [4.69, 9.17) is 0 Å². The molecule has 4 saturated carbocycles. The maximum absolute atomic E-state index is 12.3. The Bertz CT molecular complexity index is 593. The van der Waals surface area contributed by atoms with Gasteiger partial charge < -0.3 is 5.32 Å². The van der Waals surface area contributed by atoms with Gasteiger partial charge in [0.1, 0.15) is 0 Å². The fourth-order valence-electron chi connectivity index (χ4n) is 5.59. The Hall–Kier alpha value is -1.58. The van der Waals surface area contributed by atoms with E-state index in [-0.39, 0.29) is 5.91 Å². The molecular weight excluding hydrogens is 274 g/mol. The molecule has 1 amide bonds. The third kappa shape index (κ3) is 2.38. The van der Waals surface area contributed by atoms with Crippen molar-refractivity contribution < 1.29 is 4.79 Å². The van der Waals surface area contributed by atoms with E-state index in [1.807, 2.05) is 25.4 Å². The molecule has 4 aliphatic rings. The van der Waals surface area contributed by atoms with Crippen molar-refractivity contribution in [2.75, 3.05) is 5.32 Å². The van der Waals surface area contributed by atoms with Crippen LogP contribution in [0.4, 0.5) is 5.82 Å². The molecule has 4 heteroatoms. The highest BCUT2D eigenvalue weighted by molar-refractivity contribution is 5.99. The van der Waals surface area contributed by atoms with Crippen molar-refractivity contribution in [1.82, 2.24) is 9.78 Å². The molecule has 0 aromatic carbocycles. The van der Waals surface area contributed by atoms with Gasteiger partial charge in [0.05, 0.1) is 0 Å². The normalized spacial score (nSPS) is 36.6. The molecule has 0 radical (unpaired) electrons. The molecule has 118 valence electrons. The van der Waals surface area contributed by atoms with Crippen molar-refractivity contribution in [2.45, 2.75) is 45.4 Å². The number of carbonyl (C=O) groups excluding carboxylic acids is 1. The van der Waals surface area contributed by atoms with Gasteiger partial charge in [-0.1, -0.05) is 5.57 Å². The van der Waals surface area contributed by atoms with Crippen LogP contribution in [0, 0.1) is 23.2 Å². The second kappa shape index (κ2) is 4.97. The van der Waals surface area contributed by atoms with Crippen LogP contribution in [0.1, 0.15) is 45.4 Å². The first-order chi connectivity index (χ1) is 10.5. The summed E-state index contributed by atoms with van der Waals surface area (Å²) in [5.41, 5.74) is 1.61. The second-order valence-electron chi connectivity index (χ2n) is 7.89. The van der Waals surface area contributed by atoms with Crippen LogP contribution >= 0.6 is 0 Å². The number of hydrogen-bond donors (Lipinski definition) is 1. The van der Waals surface area contributed by atoms with Gasteiger partial charge in [-0.25, -0.2) is 0 Å². The summed E-state index contributed by atoms with van der Waals surface area (Å²) in [5.74, 6) is 3.32. The van der Waals surface area contributed by atoms with Gasteiger partial charge in [0.15, 0.2) is 5.82 Å². The van der Waals surface area contributed by atoms with Gasteiger partial charge in [0.2, 0.25) is 5.91 Å². The van der Waals surface area contributed by atoms with Crippen LogP contribution in [-0.4, -0.2) is 15.7 Å². The molecule has 0 unspecified atom stereocenters. The average Bonchev–Trinajstić information content (AvgIpc) is 2.82. The lowest BCUT2D eigenvalue weighted by molar-refractivity contribution is -0.112. The Balaban J connectivity index is 1.51. The van der Waals surface area contributed by atoms with Gasteiger partial charge in [-0.15, -0.1) is 0 Å². The number of aromatic nitrogens is 2. The molecule has 1 heterocycles. The predicted octanol–water partition coefficient (Wildman–Crippen LogP) is 3.52. The minimum absolute atomic E-state index is 0.0352. The van der Waals surface area contributed by atoms with Crippen LogP contribution in [0.2, 0.25) is 0 Å². The zero-order chi connectivity index (χ0) is 15.3. The molecule has 4 bridgehead atoms. The topological polar surface area (TPSA) is 46.9 Å². The summed E-state index contributed by atoms with van der Waals surface area (Å²) >= 11 is 0. The van der Waals surface area contributed by atoms with Gasteiger partial charge in [0, 0.05) is 25.4 Å². The maximum Gasteiger partial charge on any atom is 0.249 e. The molecule has 22 heavy (non-hydrogen) atoms. The van der Waals surface area contributed by atoms with Crippen LogP contribution < -0.4 is 5.32 Å². The summed E-state index contributed by atoms with van der Waals surface area (Å²) in [7, 11) is 1.85. The summed E-state index contributed by atoms with van der Waals surface area (Å²) in [6.45, 7) is 2.17. The van der Waals surface area contributed by atoms with E-state index >= 15 is 0 Å². The summed E-state index contributed by atoms with van der Waals surface area (Å²) in [5, 5.41) is 7.08. The van der Waals surface area contributed by atoms with Crippen LogP contribution in [0.15, 0.2) is 23.9 Å². The molecule has 1 aromatic heterocycles. The number of nitrogens with zero attached hydrogens (tertiary/aromatic N) is 2. The van der Waals surface area contributed by atoms with E-state index in [0.29, 0.717) is 11.2 Å². The van der Waals surface area contributed by atoms with Crippen molar-refractivity contribution in [1.29, 1.82) is 0 Å². The van der Waals surface area contributed by atoms with Gasteiger partial charge in [0.25, 0.3) is 0 Å². The molecular formula is C18H25N3O. The second-order valence-corrected chi connectivity index (χ2v) is 7.89. The summed E-state index contributed by atoms with van der Waals surface area (Å²) in [6.07, 6.45) is 11.9. The number of aryl methyl sites for hydroxylation is 1. The number of carbonyl (C=O) groups is 1. The standard InChI is InChI=1S/C18H25N3O/c1-12(5-17(22)19-16-3-4-21(2)20-16)18-9-13-6-14(10-18)8-15(7-13)11-18/h3-5,13-15H,6-11H2,1-2H3,(H,19,20,22)/b12-5+. The van der Waals surface area contributed by atoms with E-state index in [1.165, 1.54) is 44.1 Å². The maximum atomic E-state index is 12.3. The van der Waals surface area contributed by atoms with E-state index in [9.17, 15) is 4.79 Å². The third-order valence-corrected chi connectivity index (χ3v) is 6.19. The number of nitrogens with one attached hydrogen (secondary N) is 1. The Morgan fingerprint density at radius 2 is 1.86 bits per heavy atom. The monoisotopic (exact) mass is 299 g/mol. The van der Waals surface area contributed by atoms with Crippen molar-refractivity contribution in [3.05, 3.63) is 23.9 Å². The third-order valence-electron chi connectivity index (χ3n) is 6.19. The SMILES string of the molecule is C/C(=C\C(=O)Nc1ccn(C)n1)C12CC3CC(CC(C3)C1)C2. The van der Waals surface area contributed by atoms with Crippen LogP contribution in [-0.2, 0) is 11.8 Å². The zero-order valence-electron chi connectivity index (χ0n) is 13.5. The fraction of sp³-hybridized carbons (Fsp3) is 0.667. The lowest BCUT2D eigenvalue weighted by Gasteiger charge is -2.57. The summed E-state index contributed by atoms with van der Waals surface area (Å²) in [6, 6.07) is 1.83. The molecule has 4 fully saturated rings. The highest BCUT2D eigenvalue weighted by atomic mass is 16.1. The van der Waals surface area contributed by atoms with Crippen molar-refractivity contribution in [3.8, 4) is 0 Å². The molecule has 0 atom stereocenters. The summed E-state index contributed by atoms with van der Waals surface area (Å²) in [4.78, 5) is 12.3. The Morgan fingerprint density at radius 1 is 1.27 bits per heavy atom. The molecule has 0 spiro atoms. The zero-order valence-corrected chi connectivity index (χ0v) is 13.5. The van der Waals surface area contributed by atoms with Gasteiger partial charge in [-0.05, 0) is 68.6 Å². The smallest absolute Gasteiger partial charge is 0.249 e. The number of anilines is 1. The van der Waals surface area contributed by atoms with Crippen molar-refractivity contribution in [3.63, 3.8) is 0 Å². The first-order valence-corrected chi connectivity index (χ1v) is 8.52. The summed E-state index contributed by atoms with van der Waals surface area (Å²) < 4.78 is 1.70. The van der Waals surface area contributed by atoms with Crippen molar-refractivity contribution >= 4 is 11.7 Å². The van der Waals surface area contributed by atoms with E-state index < -0.39 is 0 Å². The minimum Gasteiger partial charge on any atom is -0.306 e. The highest BCUT2D eigenvalue weighted by Crippen LogP contribution is 2.62. The molecule has 0 saturated heterocycles. The van der Waals surface area contributed by atoms with Crippen LogP contribution in [0.5, 0.6) is 0 Å². The fourth-order valence-corrected chi connectivity index (χ4v) is 5.59. The first kappa shape index (κ1) is 14.0. The minimum atomic E-state index is -0.0352. The lowest BCUT2D eigenvalue weighted by atomic mass is 9.48. The Morgan fingerprint density at radius 3 is 2.36 bits per heavy atom.